The van der Waals surface area contributed by atoms with Crippen LogP contribution in [-0.4, -0.2) is 12.1 Å². The lowest BCUT2D eigenvalue weighted by Gasteiger charge is -2.15. The Hall–Kier alpha value is -2.16. The Balaban J connectivity index is 1.46. The van der Waals surface area contributed by atoms with E-state index in [-0.39, 0.29) is 17.2 Å². The molecule has 0 unspecified atom stereocenters. The molecule has 2 aromatic rings. The summed E-state index contributed by atoms with van der Waals surface area (Å²) < 4.78 is 0. The number of nitrogens with zero attached hydrogens (tertiary/aromatic N) is 1. The summed E-state index contributed by atoms with van der Waals surface area (Å²) in [6.07, 6.45) is 6.67. The summed E-state index contributed by atoms with van der Waals surface area (Å²) in [5.74, 6) is 0.828. The molecule has 0 radical (unpaired) electrons. The minimum absolute atomic E-state index is 0.0934. The smallest absolute Gasteiger partial charge is 0.244 e. The maximum absolute atomic E-state index is 12.4. The van der Waals surface area contributed by atoms with Crippen LogP contribution < -0.4 is 5.43 Å². The molecule has 4 rings (SSSR count). The lowest BCUT2D eigenvalue weighted by atomic mass is 9.90. The summed E-state index contributed by atoms with van der Waals surface area (Å²) in [6.45, 7) is 2.26. The van der Waals surface area contributed by atoms with Crippen molar-refractivity contribution in [2.24, 2.45) is 22.4 Å². The molecule has 0 aromatic heterocycles. The van der Waals surface area contributed by atoms with Crippen molar-refractivity contribution in [1.29, 1.82) is 0 Å². The van der Waals surface area contributed by atoms with Crippen LogP contribution in [0, 0.1) is 17.3 Å². The van der Waals surface area contributed by atoms with Crippen molar-refractivity contribution in [1.82, 2.24) is 5.43 Å². The molecule has 1 N–H and O–H groups in total. The third-order valence-electron chi connectivity index (χ3n) is 5.82. The minimum Gasteiger partial charge on any atom is -0.273 e. The minimum atomic E-state index is 0.0934. The molecule has 3 heteroatoms. The van der Waals surface area contributed by atoms with Gasteiger partial charge in [0.25, 0.3) is 0 Å². The highest BCUT2D eigenvalue weighted by molar-refractivity contribution is 6.00. The van der Waals surface area contributed by atoms with Crippen LogP contribution in [0.5, 0.6) is 0 Å². The molecule has 23 heavy (non-hydrogen) atoms. The van der Waals surface area contributed by atoms with Gasteiger partial charge in [0.15, 0.2) is 0 Å². The Kier molecular flexibility index (Phi) is 3.44. The number of nitrogens with one attached hydrogen (secondary N) is 1. The Labute approximate surface area is 136 Å². The highest BCUT2D eigenvalue weighted by Crippen LogP contribution is 2.66. The molecule has 1 amide bonds. The van der Waals surface area contributed by atoms with E-state index < -0.39 is 0 Å². The van der Waals surface area contributed by atoms with Crippen LogP contribution in [0.3, 0.4) is 0 Å². The van der Waals surface area contributed by atoms with Crippen LogP contribution in [0.4, 0.5) is 0 Å². The van der Waals surface area contributed by atoms with Gasteiger partial charge in [-0.1, -0.05) is 62.2 Å². The highest BCUT2D eigenvalue weighted by Gasteiger charge is 2.64. The monoisotopic (exact) mass is 306 g/mol. The van der Waals surface area contributed by atoms with Gasteiger partial charge >= 0.3 is 0 Å². The standard InChI is InChI=1S/C20H22N2O/c1-20-12-5-4-11-17(20)18(20)19(23)22-21-13-15-9-6-8-14-7-2-3-10-16(14)15/h2-3,6-10,13,17-18H,4-5,11-12H2,1H3,(H,22,23)/b21-13+/t17-,18+,20+/m1/s1. The first kappa shape index (κ1) is 14.4. The Morgan fingerprint density at radius 3 is 2.87 bits per heavy atom. The van der Waals surface area contributed by atoms with Crippen LogP contribution in [0.1, 0.15) is 38.2 Å². The molecule has 0 spiro atoms. The third-order valence-corrected chi connectivity index (χ3v) is 5.82. The average molecular weight is 306 g/mol. The lowest BCUT2D eigenvalue weighted by Crippen LogP contribution is -2.22. The highest BCUT2D eigenvalue weighted by atomic mass is 16.2. The number of amides is 1. The first-order valence-electron chi connectivity index (χ1n) is 8.51. The number of carbonyl (C=O) groups is 1. The molecule has 2 aliphatic rings. The van der Waals surface area contributed by atoms with Gasteiger partial charge in [0.05, 0.1) is 6.21 Å². The molecule has 2 aromatic carbocycles. The maximum atomic E-state index is 12.4. The van der Waals surface area contributed by atoms with Gasteiger partial charge in [-0.05, 0) is 34.9 Å². The number of hydrogen-bond acceptors (Lipinski definition) is 2. The van der Waals surface area contributed by atoms with Gasteiger partial charge in [-0.2, -0.15) is 5.10 Å². The topological polar surface area (TPSA) is 41.5 Å². The van der Waals surface area contributed by atoms with E-state index in [2.05, 4.69) is 35.7 Å². The van der Waals surface area contributed by atoms with Gasteiger partial charge in [-0.25, -0.2) is 5.43 Å². The van der Waals surface area contributed by atoms with E-state index in [1.807, 2.05) is 24.3 Å². The van der Waals surface area contributed by atoms with E-state index in [1.165, 1.54) is 31.1 Å². The molecule has 2 aliphatic carbocycles. The quantitative estimate of drug-likeness (QED) is 0.672. The van der Waals surface area contributed by atoms with Crippen LogP contribution >= 0.6 is 0 Å². The van der Waals surface area contributed by atoms with E-state index in [9.17, 15) is 4.79 Å². The Morgan fingerprint density at radius 2 is 2.04 bits per heavy atom. The number of carbonyl (C=O) groups excluding carboxylic acids is 1. The second-order valence-corrected chi connectivity index (χ2v) is 7.14. The number of rotatable bonds is 3. The predicted octanol–water partition coefficient (Wildman–Crippen LogP) is 4.12. The van der Waals surface area contributed by atoms with E-state index in [0.717, 1.165) is 10.9 Å². The van der Waals surface area contributed by atoms with Crippen molar-refractivity contribution < 1.29 is 4.79 Å². The normalized spacial score (nSPS) is 29.4. The summed E-state index contributed by atoms with van der Waals surface area (Å²) >= 11 is 0. The van der Waals surface area contributed by atoms with Crippen molar-refractivity contribution in [3.63, 3.8) is 0 Å². The molecule has 3 nitrogen and oxygen atoms in total. The molecule has 0 aliphatic heterocycles. The largest absolute Gasteiger partial charge is 0.273 e. The van der Waals surface area contributed by atoms with E-state index in [1.54, 1.807) is 6.21 Å². The fraction of sp³-hybridized carbons (Fsp3) is 0.400. The Morgan fingerprint density at radius 1 is 1.22 bits per heavy atom. The molecule has 2 fully saturated rings. The molecule has 2 saturated carbocycles. The van der Waals surface area contributed by atoms with Crippen LogP contribution in [0.2, 0.25) is 0 Å². The SMILES string of the molecule is C[C@]12CCCC[C@@H]1[C@H]2C(=O)N/N=C/c1cccc2ccccc12. The number of hydrogen-bond donors (Lipinski definition) is 1. The summed E-state index contributed by atoms with van der Waals surface area (Å²) in [5.41, 5.74) is 4.03. The fourth-order valence-electron chi connectivity index (χ4n) is 4.45. The van der Waals surface area contributed by atoms with E-state index >= 15 is 0 Å². The van der Waals surface area contributed by atoms with Gasteiger partial charge in [0, 0.05) is 11.5 Å². The van der Waals surface area contributed by atoms with Gasteiger partial charge in [-0.15, -0.1) is 0 Å². The van der Waals surface area contributed by atoms with Crippen molar-refractivity contribution >= 4 is 22.9 Å². The summed E-state index contributed by atoms with van der Waals surface area (Å²) in [5, 5.41) is 6.55. The summed E-state index contributed by atoms with van der Waals surface area (Å²) in [6, 6.07) is 14.3. The van der Waals surface area contributed by atoms with Crippen LogP contribution in [-0.2, 0) is 4.79 Å². The summed E-state index contributed by atoms with van der Waals surface area (Å²) in [4.78, 5) is 12.4. The zero-order chi connectivity index (χ0) is 15.9. The zero-order valence-corrected chi connectivity index (χ0v) is 13.5. The molecular weight excluding hydrogens is 284 g/mol. The van der Waals surface area contributed by atoms with Crippen LogP contribution in [0.15, 0.2) is 47.6 Å². The molecule has 3 atom stereocenters. The Bertz CT molecular complexity index is 777. The molecular formula is C20H22N2O. The fourth-order valence-corrected chi connectivity index (χ4v) is 4.45. The van der Waals surface area contributed by atoms with Gasteiger partial charge in [0.2, 0.25) is 5.91 Å². The van der Waals surface area contributed by atoms with Crippen molar-refractivity contribution in [3.05, 3.63) is 48.0 Å². The van der Waals surface area contributed by atoms with E-state index in [4.69, 9.17) is 0 Å². The second kappa shape index (κ2) is 5.48. The van der Waals surface area contributed by atoms with Gasteiger partial charge < -0.3 is 0 Å². The van der Waals surface area contributed by atoms with Crippen molar-refractivity contribution in [3.8, 4) is 0 Å². The summed E-state index contributed by atoms with van der Waals surface area (Å²) in [7, 11) is 0. The average Bonchev–Trinajstić information content (AvgIpc) is 3.20. The zero-order valence-electron chi connectivity index (χ0n) is 13.5. The van der Waals surface area contributed by atoms with Gasteiger partial charge in [-0.3, -0.25) is 4.79 Å². The molecule has 0 heterocycles. The van der Waals surface area contributed by atoms with Crippen molar-refractivity contribution in [2.75, 3.05) is 0 Å². The number of fused-ring (bicyclic) bond motifs is 2. The van der Waals surface area contributed by atoms with Crippen molar-refractivity contribution in [2.45, 2.75) is 32.6 Å². The number of benzene rings is 2. The predicted molar refractivity (Wildman–Crippen MR) is 93.2 cm³/mol. The van der Waals surface area contributed by atoms with E-state index in [0.29, 0.717) is 5.92 Å². The number of hydrazone groups is 1. The first-order chi connectivity index (χ1) is 11.2. The van der Waals surface area contributed by atoms with Gasteiger partial charge in [0.1, 0.15) is 0 Å². The maximum Gasteiger partial charge on any atom is 0.244 e. The lowest BCUT2D eigenvalue weighted by molar-refractivity contribution is -0.123. The van der Waals surface area contributed by atoms with Crippen LogP contribution in [0.25, 0.3) is 10.8 Å². The molecule has 0 bridgehead atoms. The molecule has 118 valence electrons. The molecule has 0 saturated heterocycles. The third kappa shape index (κ3) is 2.44. The first-order valence-corrected chi connectivity index (χ1v) is 8.51. The second-order valence-electron chi connectivity index (χ2n) is 7.14.